The molecular weight excluding hydrogens is 304 g/mol. The van der Waals surface area contributed by atoms with Crippen LogP contribution in [-0.4, -0.2) is 41.6 Å². The van der Waals surface area contributed by atoms with Crippen LogP contribution in [0.15, 0.2) is 0 Å². The van der Waals surface area contributed by atoms with E-state index >= 15 is 0 Å². The van der Waals surface area contributed by atoms with Crippen LogP contribution in [0.1, 0.15) is 71.6 Å². The van der Waals surface area contributed by atoms with Gasteiger partial charge in [-0.2, -0.15) is 0 Å². The zero-order valence-corrected chi connectivity index (χ0v) is 15.2. The molecule has 0 aromatic carbocycles. The van der Waals surface area contributed by atoms with E-state index in [1.54, 1.807) is 0 Å². The monoisotopic (exact) mass is 336 g/mol. The highest BCUT2D eigenvalue weighted by Crippen LogP contribution is 2.52. The van der Waals surface area contributed by atoms with Gasteiger partial charge in [0.2, 0.25) is 5.91 Å². The molecule has 0 radical (unpaired) electrons. The van der Waals surface area contributed by atoms with Crippen molar-refractivity contribution in [3.63, 3.8) is 0 Å². The maximum absolute atomic E-state index is 12.5. The quantitative estimate of drug-likeness (QED) is 0.800. The molecule has 2 heterocycles. The second-order valence-corrected chi connectivity index (χ2v) is 7.87. The summed E-state index contributed by atoms with van der Waals surface area (Å²) in [6.07, 6.45) is 8.62. The molecule has 1 aliphatic carbocycles. The smallest absolute Gasteiger partial charge is 0.407 e. The molecule has 3 aliphatic rings. The van der Waals surface area contributed by atoms with Crippen molar-refractivity contribution in [2.24, 2.45) is 11.8 Å². The second kappa shape index (κ2) is 7.32. The van der Waals surface area contributed by atoms with Crippen molar-refractivity contribution in [1.82, 2.24) is 10.2 Å². The molecule has 5 heteroatoms. The molecule has 0 aromatic rings. The number of alkyl carbamates (subject to hydrolysis) is 1. The van der Waals surface area contributed by atoms with Gasteiger partial charge in [-0.05, 0) is 56.8 Å². The number of unbranched alkanes of at least 4 members (excludes halogenated alkanes) is 1. The van der Waals surface area contributed by atoms with Gasteiger partial charge in [-0.15, -0.1) is 0 Å². The summed E-state index contributed by atoms with van der Waals surface area (Å²) in [6.45, 7) is 5.94. The van der Waals surface area contributed by atoms with Gasteiger partial charge in [0.1, 0.15) is 6.10 Å². The summed E-state index contributed by atoms with van der Waals surface area (Å²) < 4.78 is 5.76. The van der Waals surface area contributed by atoms with Crippen LogP contribution < -0.4 is 5.32 Å². The Morgan fingerprint density at radius 3 is 2.96 bits per heavy atom. The molecule has 1 saturated carbocycles. The number of hydrogen-bond donors (Lipinski definition) is 1. The first kappa shape index (κ1) is 17.6. The first-order chi connectivity index (χ1) is 11.6. The van der Waals surface area contributed by atoms with Gasteiger partial charge in [0.15, 0.2) is 0 Å². The van der Waals surface area contributed by atoms with E-state index < -0.39 is 0 Å². The SMILES string of the molecule is CCCCNC(=O)O[C@H]1CC[C@@]23CCCN2C(=O)CCC[C@H]3[C@H]1C. The van der Waals surface area contributed by atoms with Crippen molar-refractivity contribution < 1.29 is 14.3 Å². The van der Waals surface area contributed by atoms with Gasteiger partial charge in [0.25, 0.3) is 0 Å². The highest BCUT2D eigenvalue weighted by Gasteiger charge is 2.55. The van der Waals surface area contributed by atoms with Gasteiger partial charge >= 0.3 is 6.09 Å². The summed E-state index contributed by atoms with van der Waals surface area (Å²) in [5.41, 5.74) is 0.0472. The lowest BCUT2D eigenvalue weighted by molar-refractivity contribution is -0.140. The lowest BCUT2D eigenvalue weighted by Gasteiger charge is -2.51. The van der Waals surface area contributed by atoms with Crippen molar-refractivity contribution >= 4 is 12.0 Å². The van der Waals surface area contributed by atoms with E-state index in [1.165, 1.54) is 0 Å². The van der Waals surface area contributed by atoms with E-state index in [-0.39, 0.29) is 17.7 Å². The fourth-order valence-electron chi connectivity index (χ4n) is 5.36. The Bertz CT molecular complexity index is 481. The van der Waals surface area contributed by atoms with E-state index in [9.17, 15) is 9.59 Å². The lowest BCUT2D eigenvalue weighted by atomic mass is 9.64. The van der Waals surface area contributed by atoms with Crippen molar-refractivity contribution in [3.05, 3.63) is 0 Å². The third-order valence-corrected chi connectivity index (χ3v) is 6.57. The molecule has 5 nitrogen and oxygen atoms in total. The van der Waals surface area contributed by atoms with E-state index in [4.69, 9.17) is 4.74 Å². The highest BCUT2D eigenvalue weighted by molar-refractivity contribution is 5.78. The standard InChI is InChI=1S/C19H32N2O3/c1-3-4-12-20-18(23)24-16-9-11-19-10-6-13-21(19)17(22)8-5-7-15(19)14(16)2/h14-16H,3-13H2,1-2H3,(H,20,23)/t14-,15+,16+,19-/m1/s1. The molecule has 3 fully saturated rings. The molecule has 1 N–H and O–H groups in total. The number of hydrogen-bond acceptors (Lipinski definition) is 3. The Labute approximate surface area is 145 Å². The highest BCUT2D eigenvalue weighted by atomic mass is 16.6. The number of ether oxygens (including phenoxy) is 1. The van der Waals surface area contributed by atoms with Crippen LogP contribution in [0.3, 0.4) is 0 Å². The average molecular weight is 336 g/mol. The van der Waals surface area contributed by atoms with E-state index in [1.807, 2.05) is 0 Å². The van der Waals surface area contributed by atoms with Gasteiger partial charge in [0.05, 0.1) is 0 Å². The second-order valence-electron chi connectivity index (χ2n) is 7.87. The number of nitrogens with zero attached hydrogens (tertiary/aromatic N) is 1. The molecule has 0 unspecified atom stereocenters. The van der Waals surface area contributed by atoms with Crippen LogP contribution in [-0.2, 0) is 9.53 Å². The first-order valence-corrected chi connectivity index (χ1v) is 9.83. The molecule has 0 aromatic heterocycles. The molecule has 3 rings (SSSR count). The van der Waals surface area contributed by atoms with Crippen molar-refractivity contribution in [2.45, 2.75) is 83.3 Å². The molecule has 2 saturated heterocycles. The number of carbonyl (C=O) groups is 2. The van der Waals surface area contributed by atoms with Crippen molar-refractivity contribution in [2.75, 3.05) is 13.1 Å². The van der Waals surface area contributed by atoms with Crippen molar-refractivity contribution in [1.29, 1.82) is 0 Å². The van der Waals surface area contributed by atoms with Gasteiger partial charge < -0.3 is 15.0 Å². The molecule has 4 atom stereocenters. The van der Waals surface area contributed by atoms with Crippen LogP contribution in [0.5, 0.6) is 0 Å². The minimum atomic E-state index is -0.274. The number of rotatable bonds is 4. The van der Waals surface area contributed by atoms with E-state index in [2.05, 4.69) is 24.1 Å². The Morgan fingerprint density at radius 2 is 2.17 bits per heavy atom. The summed E-state index contributed by atoms with van der Waals surface area (Å²) in [7, 11) is 0. The number of carbonyl (C=O) groups excluding carboxylic acids is 2. The molecule has 24 heavy (non-hydrogen) atoms. The zero-order valence-electron chi connectivity index (χ0n) is 15.2. The summed E-state index contributed by atoms with van der Waals surface area (Å²) in [5.74, 6) is 1.13. The number of amides is 2. The molecule has 136 valence electrons. The van der Waals surface area contributed by atoms with E-state index in [0.717, 1.165) is 57.9 Å². The molecule has 1 spiro atoms. The van der Waals surface area contributed by atoms with Gasteiger partial charge in [-0.25, -0.2) is 4.79 Å². The van der Waals surface area contributed by atoms with E-state index in [0.29, 0.717) is 30.7 Å². The average Bonchev–Trinajstić information content (AvgIpc) is 2.92. The largest absolute Gasteiger partial charge is 0.446 e. The van der Waals surface area contributed by atoms with Crippen LogP contribution in [0.2, 0.25) is 0 Å². The molecular formula is C19H32N2O3. The van der Waals surface area contributed by atoms with Crippen LogP contribution in [0.4, 0.5) is 4.79 Å². The maximum atomic E-state index is 12.5. The minimum Gasteiger partial charge on any atom is -0.446 e. The fraction of sp³-hybridized carbons (Fsp3) is 0.895. The Hall–Kier alpha value is -1.26. The van der Waals surface area contributed by atoms with Gasteiger partial charge in [0, 0.05) is 25.0 Å². The molecule has 2 amide bonds. The fourth-order valence-corrected chi connectivity index (χ4v) is 5.36. The topological polar surface area (TPSA) is 58.6 Å². The van der Waals surface area contributed by atoms with Crippen LogP contribution >= 0.6 is 0 Å². The Morgan fingerprint density at radius 1 is 1.33 bits per heavy atom. The Balaban J connectivity index is 1.67. The third kappa shape index (κ3) is 3.14. The number of nitrogens with one attached hydrogen (secondary N) is 1. The minimum absolute atomic E-state index is 0.0158. The normalized spacial score (nSPS) is 35.8. The first-order valence-electron chi connectivity index (χ1n) is 9.83. The van der Waals surface area contributed by atoms with Crippen LogP contribution in [0.25, 0.3) is 0 Å². The third-order valence-electron chi connectivity index (χ3n) is 6.57. The summed E-state index contributed by atoms with van der Waals surface area (Å²) in [5, 5.41) is 2.86. The lowest BCUT2D eigenvalue weighted by Crippen LogP contribution is -2.58. The predicted molar refractivity (Wildman–Crippen MR) is 92.6 cm³/mol. The molecule has 0 bridgehead atoms. The summed E-state index contributed by atoms with van der Waals surface area (Å²) in [6, 6.07) is 0. The van der Waals surface area contributed by atoms with Crippen LogP contribution in [0, 0.1) is 11.8 Å². The Kier molecular flexibility index (Phi) is 5.36. The van der Waals surface area contributed by atoms with Gasteiger partial charge in [-0.3, -0.25) is 4.79 Å². The van der Waals surface area contributed by atoms with Crippen molar-refractivity contribution in [3.8, 4) is 0 Å². The summed E-state index contributed by atoms with van der Waals surface area (Å²) in [4.78, 5) is 26.7. The predicted octanol–water partition coefficient (Wildman–Crippen LogP) is 3.47. The zero-order chi connectivity index (χ0) is 17.2. The molecule has 2 aliphatic heterocycles. The van der Waals surface area contributed by atoms with Gasteiger partial charge in [-0.1, -0.05) is 20.3 Å². The summed E-state index contributed by atoms with van der Waals surface area (Å²) >= 11 is 0. The maximum Gasteiger partial charge on any atom is 0.407 e.